The number of hydrogen-bond acceptors (Lipinski definition) is 8. The van der Waals surface area contributed by atoms with E-state index in [0.717, 1.165) is 38.5 Å². The van der Waals surface area contributed by atoms with E-state index in [9.17, 15) is 35.4 Å². The number of hydrogen-bond donors (Lipinski definition) is 7. The zero-order valence-corrected chi connectivity index (χ0v) is 41.3. The molecule has 0 radical (unpaired) electrons. The van der Waals surface area contributed by atoms with Crippen LogP contribution in [-0.2, 0) is 9.53 Å². The van der Waals surface area contributed by atoms with Crippen molar-refractivity contribution in [3.8, 4) is 0 Å². The quantitative estimate of drug-likeness (QED) is 0.0235. The number of rotatable bonds is 46. The van der Waals surface area contributed by atoms with Crippen molar-refractivity contribution < 1.29 is 40.2 Å². The summed E-state index contributed by atoms with van der Waals surface area (Å²) in [7, 11) is 0. The average molecular weight is 896 g/mol. The lowest BCUT2D eigenvalue weighted by molar-refractivity contribution is -0.216. The first-order valence-electron chi connectivity index (χ1n) is 27.4. The van der Waals surface area contributed by atoms with E-state index >= 15 is 0 Å². The molecule has 0 spiro atoms. The van der Waals surface area contributed by atoms with Crippen LogP contribution >= 0.6 is 0 Å². The highest BCUT2D eigenvalue weighted by Gasteiger charge is 2.42. The Morgan fingerprint density at radius 3 is 1.17 bits per heavy atom. The number of unbranched alkanes of at least 4 members (excludes halogenated alkanes) is 36. The first kappa shape index (κ1) is 59.9. The fourth-order valence-electron chi connectivity index (χ4n) is 9.23. The van der Waals surface area contributed by atoms with Gasteiger partial charge in [0.05, 0.1) is 18.8 Å². The van der Waals surface area contributed by atoms with Gasteiger partial charge in [0.1, 0.15) is 36.6 Å². The van der Waals surface area contributed by atoms with Crippen LogP contribution in [0.3, 0.4) is 0 Å². The second kappa shape index (κ2) is 43.5. The molecule has 1 aliphatic heterocycles. The monoisotopic (exact) mass is 896 g/mol. The maximum atomic E-state index is 13.1. The number of carbonyl (C=O) groups is 1. The van der Waals surface area contributed by atoms with Gasteiger partial charge in [0, 0.05) is 6.42 Å². The zero-order chi connectivity index (χ0) is 46.0. The molecule has 0 aromatic rings. The van der Waals surface area contributed by atoms with E-state index in [4.69, 9.17) is 4.74 Å². The van der Waals surface area contributed by atoms with Gasteiger partial charge in [-0.25, -0.2) is 0 Å². The first-order valence-corrected chi connectivity index (χ1v) is 27.4. The molecule has 1 heterocycles. The highest BCUT2D eigenvalue weighted by atomic mass is 16.5. The number of aliphatic hydroxyl groups excluding tert-OH is 6. The van der Waals surface area contributed by atoms with Crippen molar-refractivity contribution in [3.63, 3.8) is 0 Å². The smallest absolute Gasteiger partial charge is 0.220 e. The van der Waals surface area contributed by atoms with E-state index in [1.165, 1.54) is 218 Å². The average Bonchev–Trinajstić information content (AvgIpc) is 3.28. The summed E-state index contributed by atoms with van der Waals surface area (Å²) in [6.07, 6.45) is 43.7. The van der Waals surface area contributed by atoms with Crippen LogP contribution in [0.5, 0.6) is 0 Å². The molecule has 9 heteroatoms. The Balaban J connectivity index is 2.23. The van der Waals surface area contributed by atoms with Crippen molar-refractivity contribution in [2.24, 2.45) is 0 Å². The third-order valence-corrected chi connectivity index (χ3v) is 13.6. The lowest BCUT2D eigenvalue weighted by atomic mass is 9.93. The van der Waals surface area contributed by atoms with E-state index in [1.807, 2.05) is 0 Å². The van der Waals surface area contributed by atoms with E-state index < -0.39 is 55.4 Å². The summed E-state index contributed by atoms with van der Waals surface area (Å²) < 4.78 is 5.61. The van der Waals surface area contributed by atoms with Gasteiger partial charge in [0.15, 0.2) is 0 Å². The Kier molecular flexibility index (Phi) is 41.4. The van der Waals surface area contributed by atoms with Crippen LogP contribution in [0.1, 0.15) is 271 Å². The number of carbonyl (C=O) groups excluding carboxylic acids is 1. The third kappa shape index (κ3) is 33.1. The molecule has 2 unspecified atom stereocenters. The fourth-order valence-corrected chi connectivity index (χ4v) is 9.23. The Hall–Kier alpha value is -1.07. The predicted molar refractivity (Wildman–Crippen MR) is 263 cm³/mol. The van der Waals surface area contributed by atoms with Gasteiger partial charge in [-0.05, 0) is 12.8 Å². The maximum Gasteiger partial charge on any atom is 0.220 e. The normalized spacial score (nSPS) is 20.7. The number of ether oxygens (including phenoxy) is 1. The van der Waals surface area contributed by atoms with E-state index in [0.29, 0.717) is 12.8 Å². The Bertz CT molecular complexity index is 1010. The van der Waals surface area contributed by atoms with Crippen molar-refractivity contribution in [2.75, 3.05) is 6.61 Å². The zero-order valence-electron chi connectivity index (χ0n) is 41.3. The molecular weight excluding hydrogens is 791 g/mol. The minimum Gasteiger partial charge on any atom is -0.394 e. The first-order chi connectivity index (χ1) is 30.8. The van der Waals surface area contributed by atoms with E-state index in [2.05, 4.69) is 19.2 Å². The summed E-state index contributed by atoms with van der Waals surface area (Å²) >= 11 is 0. The molecule has 0 aromatic heterocycles. The number of nitrogens with one attached hydrogen (secondary N) is 1. The predicted octanol–water partition coefficient (Wildman–Crippen LogP) is 12.2. The van der Waals surface area contributed by atoms with Gasteiger partial charge in [-0.15, -0.1) is 0 Å². The van der Waals surface area contributed by atoms with Crippen LogP contribution < -0.4 is 5.32 Å². The molecular formula is C54H105NO8. The lowest BCUT2D eigenvalue weighted by Gasteiger charge is -2.39. The van der Waals surface area contributed by atoms with Crippen LogP contribution in [0.2, 0.25) is 0 Å². The molecule has 0 bridgehead atoms. The molecule has 1 rings (SSSR count). The lowest BCUT2D eigenvalue weighted by Crippen LogP contribution is -2.58. The topological polar surface area (TPSA) is 160 Å². The highest BCUT2D eigenvalue weighted by molar-refractivity contribution is 5.76. The number of aliphatic hydroxyl groups is 6. The molecule has 0 aromatic carbocycles. The molecule has 1 amide bonds. The maximum absolute atomic E-state index is 13.1. The summed E-state index contributed by atoms with van der Waals surface area (Å²) in [5, 5.41) is 65.6. The van der Waals surface area contributed by atoms with Crippen molar-refractivity contribution in [2.45, 2.75) is 319 Å². The van der Waals surface area contributed by atoms with E-state index in [-0.39, 0.29) is 5.91 Å². The minimum atomic E-state index is -1.53. The van der Waals surface area contributed by atoms with Crippen molar-refractivity contribution in [1.29, 1.82) is 0 Å². The SMILES string of the molecule is CCCCCCCCCCCCCCCCCCCCCCCCCCCCC(=O)N[C@@H](C=C[C@H]1OC(CO)[C@H](O)[C@H](O)C1O)[C@H](O)[C@@H](O)CCCCCCCCCCCCCC. The summed E-state index contributed by atoms with van der Waals surface area (Å²) in [4.78, 5) is 13.1. The molecule has 1 aliphatic rings. The van der Waals surface area contributed by atoms with Crippen molar-refractivity contribution in [3.05, 3.63) is 12.2 Å². The molecule has 1 fully saturated rings. The molecule has 374 valence electrons. The molecule has 8 atom stereocenters. The molecule has 9 nitrogen and oxygen atoms in total. The van der Waals surface area contributed by atoms with Crippen LogP contribution in [0.4, 0.5) is 0 Å². The largest absolute Gasteiger partial charge is 0.394 e. The Labute approximate surface area is 388 Å². The van der Waals surface area contributed by atoms with Gasteiger partial charge in [-0.3, -0.25) is 4.79 Å². The van der Waals surface area contributed by atoms with Crippen LogP contribution in [0.25, 0.3) is 0 Å². The fraction of sp³-hybridized carbons (Fsp3) is 0.944. The van der Waals surface area contributed by atoms with Crippen molar-refractivity contribution >= 4 is 5.91 Å². The van der Waals surface area contributed by atoms with E-state index in [1.54, 1.807) is 0 Å². The van der Waals surface area contributed by atoms with Gasteiger partial charge < -0.3 is 40.7 Å². The minimum absolute atomic E-state index is 0.223. The van der Waals surface area contributed by atoms with Gasteiger partial charge in [-0.1, -0.05) is 264 Å². The molecule has 0 aliphatic carbocycles. The second-order valence-electron chi connectivity index (χ2n) is 19.6. The van der Waals surface area contributed by atoms with Crippen LogP contribution in [0.15, 0.2) is 12.2 Å². The van der Waals surface area contributed by atoms with Gasteiger partial charge in [-0.2, -0.15) is 0 Å². The van der Waals surface area contributed by atoms with Crippen LogP contribution in [-0.4, -0.2) is 91.9 Å². The van der Waals surface area contributed by atoms with Gasteiger partial charge >= 0.3 is 0 Å². The highest BCUT2D eigenvalue weighted by Crippen LogP contribution is 2.23. The second-order valence-corrected chi connectivity index (χ2v) is 19.6. The molecule has 0 saturated carbocycles. The summed E-state index contributed by atoms with van der Waals surface area (Å²) in [6.45, 7) is 3.99. The van der Waals surface area contributed by atoms with Gasteiger partial charge in [0.25, 0.3) is 0 Å². The summed E-state index contributed by atoms with van der Waals surface area (Å²) in [5.41, 5.74) is 0. The van der Waals surface area contributed by atoms with Gasteiger partial charge in [0.2, 0.25) is 5.91 Å². The third-order valence-electron chi connectivity index (χ3n) is 13.6. The van der Waals surface area contributed by atoms with Crippen LogP contribution in [0, 0.1) is 0 Å². The molecule has 1 saturated heterocycles. The molecule has 63 heavy (non-hydrogen) atoms. The molecule has 7 N–H and O–H groups in total. The Morgan fingerprint density at radius 2 is 0.825 bits per heavy atom. The summed E-state index contributed by atoms with van der Waals surface area (Å²) in [6, 6.07) is -0.943. The standard InChI is InChI=1S/C54H105NO8/c1-3-5-7-9-11-13-15-17-18-19-20-21-22-23-24-25-26-27-28-29-30-32-34-36-38-40-42-50(58)55-46(43-44-48-52(60)54(62)53(61)49(45-56)63-48)51(59)47(57)41-39-37-35-33-31-16-14-12-10-8-6-4-2/h43-44,46-49,51-54,56-57,59-62H,3-42,45H2,1-2H3,(H,55,58)/t46-,47-,48+,49?,51-,52?,53-,54+/m0/s1. The van der Waals surface area contributed by atoms with Crippen molar-refractivity contribution in [1.82, 2.24) is 5.32 Å². The number of amides is 1. The Morgan fingerprint density at radius 1 is 0.492 bits per heavy atom. The summed E-state index contributed by atoms with van der Waals surface area (Å²) in [5.74, 6) is -0.223.